The third-order valence-electron chi connectivity index (χ3n) is 1.38. The van der Waals surface area contributed by atoms with Crippen molar-refractivity contribution >= 4 is 11.8 Å². The van der Waals surface area contributed by atoms with Gasteiger partial charge in [-0.15, -0.1) is 0 Å². The molecule has 5 heteroatoms. The summed E-state index contributed by atoms with van der Waals surface area (Å²) in [7, 11) is 0. The molecule has 3 N–H and O–H groups in total. The van der Waals surface area contributed by atoms with Gasteiger partial charge in [-0.1, -0.05) is 0 Å². The molecule has 5 nitrogen and oxygen atoms in total. The first-order chi connectivity index (χ1) is 6.09. The molecule has 1 heterocycles. The van der Waals surface area contributed by atoms with Gasteiger partial charge in [0.25, 0.3) is 0 Å². The zero-order chi connectivity index (χ0) is 9.84. The highest BCUT2D eigenvalue weighted by molar-refractivity contribution is 5.68. The molecule has 13 heavy (non-hydrogen) atoms. The van der Waals surface area contributed by atoms with Gasteiger partial charge in [0.15, 0.2) is 18.2 Å². The average Bonchev–Trinajstić information content (AvgIpc) is 2.02. The maximum atomic E-state index is 10.2. The van der Waals surface area contributed by atoms with Crippen molar-refractivity contribution in [3.05, 3.63) is 17.8 Å². The van der Waals surface area contributed by atoms with Crippen molar-refractivity contribution in [2.45, 2.75) is 6.92 Å². The van der Waals surface area contributed by atoms with Crippen molar-refractivity contribution in [2.24, 2.45) is 0 Å². The number of hydrogen-bond acceptors (Lipinski definition) is 4. The smallest absolute Gasteiger partial charge is 0.341 e. The molecule has 0 aromatic carbocycles. The predicted molar refractivity (Wildman–Crippen MR) is 46.5 cm³/mol. The van der Waals surface area contributed by atoms with Crippen molar-refractivity contribution < 1.29 is 14.6 Å². The summed E-state index contributed by atoms with van der Waals surface area (Å²) in [6.45, 7) is 1.38. The minimum absolute atomic E-state index is 0.209. The van der Waals surface area contributed by atoms with Gasteiger partial charge in [-0.2, -0.15) is 0 Å². The summed E-state index contributed by atoms with van der Waals surface area (Å²) in [5.41, 5.74) is 6.24. The van der Waals surface area contributed by atoms with Gasteiger partial charge in [0, 0.05) is 5.69 Å². The lowest BCUT2D eigenvalue weighted by atomic mass is 10.3. The standard InChI is InChI=1S/C8H10N2O3/c1-5-2-3-6(8(9)10-5)13-4-7(11)12/h2-3H,4H2,1H3,(H2,9,10)(H,11,12). The average molecular weight is 182 g/mol. The molecule has 0 atom stereocenters. The second kappa shape index (κ2) is 3.75. The number of aromatic nitrogens is 1. The summed E-state index contributed by atoms with van der Waals surface area (Å²) in [6, 6.07) is 3.30. The normalized spacial score (nSPS) is 9.62. The molecule has 0 amide bonds. The number of pyridine rings is 1. The number of aliphatic carboxylic acids is 1. The van der Waals surface area contributed by atoms with Crippen LogP contribution in [0.5, 0.6) is 5.75 Å². The number of nitrogen functional groups attached to an aromatic ring is 1. The fraction of sp³-hybridized carbons (Fsp3) is 0.250. The molecule has 0 saturated carbocycles. The van der Waals surface area contributed by atoms with Crippen molar-refractivity contribution in [2.75, 3.05) is 12.3 Å². The first-order valence-electron chi connectivity index (χ1n) is 3.67. The van der Waals surface area contributed by atoms with Gasteiger partial charge < -0.3 is 15.6 Å². The summed E-state index contributed by atoms with van der Waals surface area (Å²) >= 11 is 0. The third-order valence-corrected chi connectivity index (χ3v) is 1.38. The van der Waals surface area contributed by atoms with Crippen molar-refractivity contribution in [1.29, 1.82) is 0 Å². The van der Waals surface area contributed by atoms with Crippen LogP contribution in [0, 0.1) is 6.92 Å². The van der Waals surface area contributed by atoms with E-state index in [1.165, 1.54) is 0 Å². The molecule has 0 fully saturated rings. The number of carboxylic acid groups (broad SMARTS) is 1. The highest BCUT2D eigenvalue weighted by Gasteiger charge is 2.03. The lowest BCUT2D eigenvalue weighted by Gasteiger charge is -2.05. The molecule has 0 spiro atoms. The van der Waals surface area contributed by atoms with E-state index in [-0.39, 0.29) is 5.82 Å². The van der Waals surface area contributed by atoms with Crippen LogP contribution >= 0.6 is 0 Å². The largest absolute Gasteiger partial charge is 0.479 e. The Balaban J connectivity index is 2.72. The second-order valence-electron chi connectivity index (χ2n) is 2.52. The Bertz CT molecular complexity index is 325. The van der Waals surface area contributed by atoms with Gasteiger partial charge in [0.2, 0.25) is 0 Å². The second-order valence-corrected chi connectivity index (χ2v) is 2.52. The van der Waals surface area contributed by atoms with E-state index in [1.54, 1.807) is 19.1 Å². The van der Waals surface area contributed by atoms with Crippen LogP contribution in [0.15, 0.2) is 12.1 Å². The maximum Gasteiger partial charge on any atom is 0.341 e. The van der Waals surface area contributed by atoms with E-state index in [9.17, 15) is 4.79 Å². The van der Waals surface area contributed by atoms with E-state index in [0.29, 0.717) is 5.75 Å². The highest BCUT2D eigenvalue weighted by Crippen LogP contribution is 2.18. The Hall–Kier alpha value is -1.78. The van der Waals surface area contributed by atoms with Crippen molar-refractivity contribution in [3.63, 3.8) is 0 Å². The molecule has 0 aliphatic rings. The molecule has 70 valence electrons. The van der Waals surface area contributed by atoms with Gasteiger partial charge in [-0.05, 0) is 19.1 Å². The first-order valence-corrected chi connectivity index (χ1v) is 3.67. The summed E-state index contributed by atoms with van der Waals surface area (Å²) < 4.78 is 4.87. The lowest BCUT2D eigenvalue weighted by molar-refractivity contribution is -0.139. The Morgan fingerprint density at radius 2 is 2.38 bits per heavy atom. The number of ether oxygens (including phenoxy) is 1. The number of rotatable bonds is 3. The van der Waals surface area contributed by atoms with Gasteiger partial charge in [-0.25, -0.2) is 9.78 Å². The van der Waals surface area contributed by atoms with E-state index >= 15 is 0 Å². The quantitative estimate of drug-likeness (QED) is 0.708. The Kier molecular flexibility index (Phi) is 2.69. The van der Waals surface area contributed by atoms with Crippen LogP contribution in [-0.2, 0) is 4.79 Å². The number of carbonyl (C=O) groups is 1. The molecule has 0 bridgehead atoms. The third kappa shape index (κ3) is 2.62. The zero-order valence-corrected chi connectivity index (χ0v) is 7.15. The number of anilines is 1. The van der Waals surface area contributed by atoms with Crippen LogP contribution in [-0.4, -0.2) is 22.7 Å². The van der Waals surface area contributed by atoms with E-state index in [1.807, 2.05) is 0 Å². The first kappa shape index (κ1) is 9.31. The summed E-state index contributed by atoms with van der Waals surface area (Å²) in [6.07, 6.45) is 0. The van der Waals surface area contributed by atoms with Crippen LogP contribution in [0.1, 0.15) is 5.69 Å². The molecule has 0 radical (unpaired) electrons. The van der Waals surface area contributed by atoms with Crippen LogP contribution in [0.25, 0.3) is 0 Å². The maximum absolute atomic E-state index is 10.2. The zero-order valence-electron chi connectivity index (χ0n) is 7.15. The predicted octanol–water partition coefficient (Wildman–Crippen LogP) is 0.436. The van der Waals surface area contributed by atoms with Crippen LogP contribution < -0.4 is 10.5 Å². The molecular weight excluding hydrogens is 172 g/mol. The summed E-state index contributed by atoms with van der Waals surface area (Å²) in [5.74, 6) is -0.533. The Labute approximate surface area is 75.2 Å². The van der Waals surface area contributed by atoms with Crippen LogP contribution in [0.4, 0.5) is 5.82 Å². The monoisotopic (exact) mass is 182 g/mol. The lowest BCUT2D eigenvalue weighted by Crippen LogP contribution is -2.11. The summed E-state index contributed by atoms with van der Waals surface area (Å²) in [5, 5.41) is 8.33. The fourth-order valence-electron chi connectivity index (χ4n) is 0.826. The molecule has 0 aliphatic heterocycles. The SMILES string of the molecule is Cc1ccc(OCC(=O)O)c(N)n1. The minimum atomic E-state index is -1.04. The highest BCUT2D eigenvalue weighted by atomic mass is 16.5. The van der Waals surface area contributed by atoms with Gasteiger partial charge in [0.05, 0.1) is 0 Å². The minimum Gasteiger partial charge on any atom is -0.479 e. The molecule has 1 rings (SSSR count). The van der Waals surface area contributed by atoms with Crippen LogP contribution in [0.2, 0.25) is 0 Å². The van der Waals surface area contributed by atoms with Gasteiger partial charge >= 0.3 is 5.97 Å². The number of hydrogen-bond donors (Lipinski definition) is 2. The molecule has 1 aromatic heterocycles. The molecule has 0 unspecified atom stereocenters. The number of nitrogens with two attached hydrogens (primary N) is 1. The molecule has 0 saturated heterocycles. The van der Waals surface area contributed by atoms with E-state index in [0.717, 1.165) is 5.69 Å². The van der Waals surface area contributed by atoms with Crippen molar-refractivity contribution in [1.82, 2.24) is 4.98 Å². The number of nitrogens with zero attached hydrogens (tertiary/aromatic N) is 1. The Morgan fingerprint density at radius 1 is 1.69 bits per heavy atom. The summed E-state index contributed by atoms with van der Waals surface area (Å²) in [4.78, 5) is 14.1. The van der Waals surface area contributed by atoms with Gasteiger partial charge in [0.1, 0.15) is 0 Å². The topological polar surface area (TPSA) is 85.4 Å². The van der Waals surface area contributed by atoms with Crippen LogP contribution in [0.3, 0.4) is 0 Å². The number of aryl methyl sites for hydroxylation is 1. The van der Waals surface area contributed by atoms with Crippen molar-refractivity contribution in [3.8, 4) is 5.75 Å². The van der Waals surface area contributed by atoms with Gasteiger partial charge in [-0.3, -0.25) is 0 Å². The van der Waals surface area contributed by atoms with E-state index < -0.39 is 12.6 Å². The molecular formula is C8H10N2O3. The number of carboxylic acids is 1. The van der Waals surface area contributed by atoms with E-state index in [4.69, 9.17) is 15.6 Å². The fourth-order valence-corrected chi connectivity index (χ4v) is 0.826. The van der Waals surface area contributed by atoms with E-state index in [2.05, 4.69) is 4.98 Å². The molecule has 1 aromatic rings. The Morgan fingerprint density at radius 3 is 2.92 bits per heavy atom. The molecule has 0 aliphatic carbocycles.